The molecular weight excluding hydrogens is 1070 g/mol. The van der Waals surface area contributed by atoms with E-state index in [2.05, 4.69) is 55.7 Å². The largest absolute Gasteiger partial charge is 0.509 e. The van der Waals surface area contributed by atoms with E-state index in [0.717, 1.165) is 44.3 Å². The van der Waals surface area contributed by atoms with E-state index in [4.69, 9.17) is 11.1 Å². The van der Waals surface area contributed by atoms with Crippen molar-refractivity contribution < 1.29 is 49.1 Å². The molecule has 0 bridgehead atoms. The van der Waals surface area contributed by atoms with Crippen molar-refractivity contribution in [1.82, 2.24) is 9.55 Å². The van der Waals surface area contributed by atoms with E-state index in [9.17, 15) is 4.39 Å². The third-order valence-corrected chi connectivity index (χ3v) is 12.7. The van der Waals surface area contributed by atoms with E-state index in [0.29, 0.717) is 39.7 Å². The zero-order chi connectivity index (χ0) is 49.6. The van der Waals surface area contributed by atoms with E-state index < -0.39 is 46.0 Å². The summed E-state index contributed by atoms with van der Waals surface area (Å²) in [6.07, 6.45) is 1.82. The van der Waals surface area contributed by atoms with Gasteiger partial charge in [0.15, 0.2) is 23.3 Å². The Balaban J connectivity index is 0.00000624. The number of hydrogen-bond acceptors (Lipinski definition) is 4. The number of ether oxygens (including phenoxy) is 1. The molecule has 1 aliphatic rings. The number of fused-ring (bicyclic) bond motifs is 4. The van der Waals surface area contributed by atoms with Crippen LogP contribution in [0.25, 0.3) is 49.9 Å². The Labute approximate surface area is 420 Å². The van der Waals surface area contributed by atoms with Gasteiger partial charge in [0.1, 0.15) is 5.82 Å². The molecule has 10 rings (SSSR count). The summed E-state index contributed by atoms with van der Waals surface area (Å²) in [7, 11) is 0. The van der Waals surface area contributed by atoms with Crippen molar-refractivity contribution in [2.75, 3.05) is 9.80 Å². The molecule has 0 saturated heterocycles. The molecule has 2 aromatic heterocycles. The number of anilines is 4. The molecule has 0 radical (unpaired) electrons. The van der Waals surface area contributed by atoms with Gasteiger partial charge in [0.2, 0.25) is 5.82 Å². The van der Waals surface area contributed by atoms with Crippen LogP contribution in [0.2, 0.25) is 0 Å². The minimum absolute atomic E-state index is 0. The van der Waals surface area contributed by atoms with Gasteiger partial charge in [0, 0.05) is 68.3 Å². The second-order valence-electron chi connectivity index (χ2n) is 19.6. The van der Waals surface area contributed by atoms with Crippen molar-refractivity contribution in [3.05, 3.63) is 198 Å². The average Bonchev–Trinajstić information content (AvgIpc) is 3.88. The Kier molecular flexibility index (Phi) is 12.2. The molecule has 3 heterocycles. The summed E-state index contributed by atoms with van der Waals surface area (Å²) in [5.74, 6) is -9.71. The van der Waals surface area contributed by atoms with E-state index in [1.54, 1.807) is 23.7 Å². The molecule has 0 fully saturated rings. The summed E-state index contributed by atoms with van der Waals surface area (Å²) < 4.78 is 94.2. The molecule has 0 amide bonds. The summed E-state index contributed by atoms with van der Waals surface area (Å²) in [4.78, 5) is 8.39. The average molecular weight is 1120 g/mol. The van der Waals surface area contributed by atoms with Gasteiger partial charge in [0.25, 0.3) is 0 Å². The van der Waals surface area contributed by atoms with Gasteiger partial charge >= 0.3 is 0 Å². The molecule has 0 atom stereocenters. The molecule has 70 heavy (non-hydrogen) atoms. The van der Waals surface area contributed by atoms with Crippen molar-refractivity contribution in [2.45, 2.75) is 72.1 Å². The fourth-order valence-electron chi connectivity index (χ4n) is 9.27. The number of rotatable bonds is 8. The van der Waals surface area contributed by atoms with Gasteiger partial charge in [-0.15, -0.1) is 53.6 Å². The van der Waals surface area contributed by atoms with Crippen LogP contribution in [0.5, 0.6) is 11.5 Å². The van der Waals surface area contributed by atoms with Crippen molar-refractivity contribution in [3.8, 4) is 39.6 Å². The van der Waals surface area contributed by atoms with Crippen LogP contribution in [0.4, 0.5) is 44.7 Å². The van der Waals surface area contributed by atoms with Crippen LogP contribution in [-0.4, -0.2) is 9.55 Å². The molecule has 7 aromatic carbocycles. The normalized spacial score (nSPS) is 13.2. The molecule has 1 aliphatic heterocycles. The standard InChI is InChI=1S/C59H48F5N4O.Pt/c1-34(2)40-16-9-10-17-41(40)35-28-37(31-39(29-35)69-38-24-25-43-42-18-11-12-21-46(42)68(49(43)32-38)50-30-36(26-27-65-50)58(3,4)5)66-33-67(48-23-14-13-22-47(48)66)57-44(19-15-20-45(57)59(6,7)8)51-52(60)54(62)56(64)55(63)53(51)61;/h9-30,33-34H,1-8H3;/q-3;/i34D;. The van der Waals surface area contributed by atoms with Gasteiger partial charge in [-0.05, 0) is 74.7 Å². The SMILES string of the molecule is [2H]C(C)(C)c1ccccc1-c1cc(Oc2[c-]c3c(cc2)c2ccccc2n3-c2cc(C(C)(C)C)ccn2)[c-]c(N2[CH-]N(c3c(-c4c(F)c(F)c(F)c(F)c4F)cccc3C(C)(C)C)c3ccccc32)c1.[Pt]. The summed E-state index contributed by atoms with van der Waals surface area (Å²) in [6, 6.07) is 46.7. The number of benzene rings is 7. The van der Waals surface area contributed by atoms with Crippen LogP contribution in [0.15, 0.2) is 134 Å². The van der Waals surface area contributed by atoms with E-state index >= 15 is 17.6 Å². The first-order chi connectivity index (χ1) is 33.2. The molecule has 358 valence electrons. The predicted octanol–water partition coefficient (Wildman–Crippen LogP) is 16.7. The molecule has 0 spiro atoms. The number of para-hydroxylation sites is 4. The Morgan fingerprint density at radius 3 is 1.97 bits per heavy atom. The Bertz CT molecular complexity index is 3530. The number of hydrogen-bond donors (Lipinski definition) is 0. The van der Waals surface area contributed by atoms with Crippen molar-refractivity contribution >= 4 is 44.6 Å². The van der Waals surface area contributed by atoms with Crippen LogP contribution in [-0.2, 0) is 31.9 Å². The van der Waals surface area contributed by atoms with E-state index in [1.165, 1.54) is 6.07 Å². The van der Waals surface area contributed by atoms with Crippen LogP contribution in [0.1, 0.15) is 79.3 Å². The molecule has 0 unspecified atom stereocenters. The molecule has 5 nitrogen and oxygen atoms in total. The zero-order valence-electron chi connectivity index (χ0n) is 40.7. The zero-order valence-corrected chi connectivity index (χ0v) is 42.0. The third kappa shape index (κ3) is 8.34. The smallest absolute Gasteiger partial charge is 0.200 e. The van der Waals surface area contributed by atoms with Gasteiger partial charge < -0.3 is 19.1 Å². The number of pyridine rings is 1. The first kappa shape index (κ1) is 46.9. The molecular formula is C59H48F5N4OPt-3. The van der Waals surface area contributed by atoms with Gasteiger partial charge in [-0.1, -0.05) is 134 Å². The second kappa shape index (κ2) is 18.2. The van der Waals surface area contributed by atoms with Crippen LogP contribution >= 0.6 is 0 Å². The summed E-state index contributed by atoms with van der Waals surface area (Å²) in [5, 5.41) is 1.98. The Hall–Kier alpha value is -6.77. The topological polar surface area (TPSA) is 33.5 Å². The molecule has 11 heteroatoms. The maximum Gasteiger partial charge on any atom is 0.200 e. The maximum atomic E-state index is 15.9. The minimum Gasteiger partial charge on any atom is -0.509 e. The molecule has 0 saturated carbocycles. The predicted molar refractivity (Wildman–Crippen MR) is 266 cm³/mol. The second-order valence-corrected chi connectivity index (χ2v) is 19.6. The first-order valence-corrected chi connectivity index (χ1v) is 22.7. The quantitative estimate of drug-likeness (QED) is 0.0657. The summed E-state index contributed by atoms with van der Waals surface area (Å²) in [5.41, 5.74) is 5.55. The monoisotopic (exact) mass is 1120 g/mol. The van der Waals surface area contributed by atoms with Crippen LogP contribution < -0.4 is 14.5 Å². The van der Waals surface area contributed by atoms with Gasteiger partial charge in [-0.3, -0.25) is 0 Å². The number of aromatic nitrogens is 2. The molecule has 9 aromatic rings. The molecule has 0 N–H and O–H groups in total. The van der Waals surface area contributed by atoms with Gasteiger partial charge in [-0.25, -0.2) is 26.9 Å². The minimum atomic E-state index is -2.23. The summed E-state index contributed by atoms with van der Waals surface area (Å²) >= 11 is 0. The fraction of sp³-hybridized carbons (Fsp3) is 0.186. The maximum absolute atomic E-state index is 15.9. The van der Waals surface area contributed by atoms with Crippen LogP contribution in [0.3, 0.4) is 0 Å². The number of halogens is 5. The fourth-order valence-corrected chi connectivity index (χ4v) is 9.27. The van der Waals surface area contributed by atoms with Crippen molar-refractivity contribution in [3.63, 3.8) is 0 Å². The van der Waals surface area contributed by atoms with Crippen molar-refractivity contribution in [2.24, 2.45) is 0 Å². The molecule has 0 aliphatic carbocycles. The third-order valence-electron chi connectivity index (χ3n) is 12.7. The summed E-state index contributed by atoms with van der Waals surface area (Å²) in [6.45, 7) is 17.6. The van der Waals surface area contributed by atoms with Gasteiger partial charge in [0.05, 0.1) is 5.56 Å². The van der Waals surface area contributed by atoms with Crippen molar-refractivity contribution in [1.29, 1.82) is 0 Å². The van der Waals surface area contributed by atoms with E-state index in [-0.39, 0.29) is 37.7 Å². The van der Waals surface area contributed by atoms with Gasteiger partial charge in [-0.2, -0.15) is 6.07 Å². The Morgan fingerprint density at radius 2 is 1.27 bits per heavy atom. The van der Waals surface area contributed by atoms with Crippen LogP contribution in [0, 0.1) is 47.9 Å². The first-order valence-electron chi connectivity index (χ1n) is 23.2. The number of nitrogens with zero attached hydrogens (tertiary/aromatic N) is 4. The van der Waals surface area contributed by atoms with E-state index in [1.807, 2.05) is 137 Å². The Morgan fingerprint density at radius 1 is 0.629 bits per heavy atom.